The van der Waals surface area contributed by atoms with E-state index in [-0.39, 0.29) is 0 Å². The SMILES string of the molecule is Cc1cnc2ncc(-c3ccn4nc(N[C@H]5CC[C@@H](N(C)C)CC5)ncc34)cn12. The quantitative estimate of drug-likeness (QED) is 0.577. The van der Waals surface area contributed by atoms with Crippen molar-refractivity contribution in [3.05, 3.63) is 42.7 Å². The average molecular weight is 390 g/mol. The Bertz CT molecular complexity index is 1150. The van der Waals surface area contributed by atoms with Crippen molar-refractivity contribution < 1.29 is 0 Å². The fourth-order valence-electron chi connectivity index (χ4n) is 4.26. The van der Waals surface area contributed by atoms with Crippen molar-refractivity contribution in [1.29, 1.82) is 0 Å². The summed E-state index contributed by atoms with van der Waals surface area (Å²) in [5.74, 6) is 1.40. The molecular formula is C21H26N8. The first-order valence-electron chi connectivity index (χ1n) is 10.2. The van der Waals surface area contributed by atoms with Gasteiger partial charge in [-0.05, 0) is 52.8 Å². The van der Waals surface area contributed by atoms with E-state index in [1.54, 1.807) is 0 Å². The third-order valence-corrected chi connectivity index (χ3v) is 6.04. The van der Waals surface area contributed by atoms with Crippen LogP contribution in [0.3, 0.4) is 0 Å². The first-order valence-corrected chi connectivity index (χ1v) is 10.2. The molecule has 1 N–H and O–H groups in total. The minimum Gasteiger partial charge on any atom is -0.350 e. The van der Waals surface area contributed by atoms with E-state index in [4.69, 9.17) is 0 Å². The van der Waals surface area contributed by atoms with Gasteiger partial charge in [0.2, 0.25) is 11.7 Å². The van der Waals surface area contributed by atoms with Crippen molar-refractivity contribution in [3.63, 3.8) is 0 Å². The van der Waals surface area contributed by atoms with Crippen LogP contribution in [0.4, 0.5) is 5.95 Å². The zero-order valence-corrected chi connectivity index (χ0v) is 17.1. The lowest BCUT2D eigenvalue weighted by atomic mass is 9.91. The Balaban J connectivity index is 1.38. The van der Waals surface area contributed by atoms with Crippen LogP contribution in [0, 0.1) is 6.92 Å². The largest absolute Gasteiger partial charge is 0.350 e. The van der Waals surface area contributed by atoms with Crippen LogP contribution in [0.5, 0.6) is 0 Å². The number of nitrogens with zero attached hydrogens (tertiary/aromatic N) is 7. The Kier molecular flexibility index (Phi) is 4.43. The molecule has 8 nitrogen and oxygen atoms in total. The molecule has 0 aromatic carbocycles. The summed E-state index contributed by atoms with van der Waals surface area (Å²) in [5.41, 5.74) is 4.10. The predicted molar refractivity (Wildman–Crippen MR) is 113 cm³/mol. The maximum absolute atomic E-state index is 4.68. The topological polar surface area (TPSA) is 75.7 Å². The molecule has 4 heterocycles. The summed E-state index contributed by atoms with van der Waals surface area (Å²) in [6.45, 7) is 2.02. The van der Waals surface area contributed by atoms with E-state index < -0.39 is 0 Å². The molecule has 0 spiro atoms. The van der Waals surface area contributed by atoms with Crippen molar-refractivity contribution in [2.24, 2.45) is 0 Å². The second-order valence-electron chi connectivity index (χ2n) is 8.17. The number of hydrogen-bond donors (Lipinski definition) is 1. The molecule has 4 aromatic rings. The molecule has 1 aliphatic carbocycles. The van der Waals surface area contributed by atoms with Gasteiger partial charge < -0.3 is 10.2 Å². The van der Waals surface area contributed by atoms with Gasteiger partial charge in [0.05, 0.1) is 17.9 Å². The van der Waals surface area contributed by atoms with Crippen molar-refractivity contribution in [1.82, 2.24) is 33.9 Å². The van der Waals surface area contributed by atoms with Gasteiger partial charge in [-0.1, -0.05) is 0 Å². The number of anilines is 1. The van der Waals surface area contributed by atoms with Gasteiger partial charge in [-0.15, -0.1) is 5.10 Å². The van der Waals surface area contributed by atoms with Crippen LogP contribution in [-0.4, -0.2) is 60.0 Å². The normalized spacial score (nSPS) is 20.0. The Hall–Kier alpha value is -3.00. The molecule has 5 rings (SSSR count). The van der Waals surface area contributed by atoms with E-state index >= 15 is 0 Å². The molecule has 1 fully saturated rings. The molecule has 1 saturated carbocycles. The molecule has 0 aliphatic heterocycles. The van der Waals surface area contributed by atoms with Gasteiger partial charge in [-0.3, -0.25) is 4.40 Å². The van der Waals surface area contributed by atoms with Gasteiger partial charge >= 0.3 is 0 Å². The Morgan fingerprint density at radius 2 is 1.83 bits per heavy atom. The van der Waals surface area contributed by atoms with E-state index in [0.717, 1.165) is 35.2 Å². The molecule has 0 unspecified atom stereocenters. The highest BCUT2D eigenvalue weighted by atomic mass is 15.3. The average Bonchev–Trinajstić information content (AvgIpc) is 3.31. The molecule has 4 aromatic heterocycles. The molecular weight excluding hydrogens is 364 g/mol. The standard InChI is InChI=1S/C21H26N8/c1-14-10-23-21-24-11-15(13-28(14)21)18-8-9-29-19(18)12-22-20(26-29)25-16-4-6-17(7-5-16)27(2)3/h8-13,16-17H,4-7H2,1-3H3,(H,25,26)/t16-,17+. The summed E-state index contributed by atoms with van der Waals surface area (Å²) in [6, 6.07) is 3.19. The number of aromatic nitrogens is 6. The van der Waals surface area contributed by atoms with Gasteiger partial charge in [0, 0.05) is 47.5 Å². The van der Waals surface area contributed by atoms with E-state index in [1.807, 2.05) is 40.6 Å². The molecule has 29 heavy (non-hydrogen) atoms. The van der Waals surface area contributed by atoms with E-state index in [1.165, 1.54) is 12.8 Å². The lowest BCUT2D eigenvalue weighted by molar-refractivity contribution is 0.221. The fourth-order valence-corrected chi connectivity index (χ4v) is 4.26. The second-order valence-corrected chi connectivity index (χ2v) is 8.17. The number of hydrogen-bond acceptors (Lipinski definition) is 6. The molecule has 1 aliphatic rings. The van der Waals surface area contributed by atoms with Gasteiger partial charge in [-0.2, -0.15) is 0 Å². The summed E-state index contributed by atoms with van der Waals surface area (Å²) in [4.78, 5) is 15.7. The molecule has 0 amide bonds. The molecule has 150 valence electrons. The maximum atomic E-state index is 4.68. The summed E-state index contributed by atoms with van der Waals surface area (Å²) in [7, 11) is 4.33. The summed E-state index contributed by atoms with van der Waals surface area (Å²) >= 11 is 0. The Morgan fingerprint density at radius 3 is 2.62 bits per heavy atom. The van der Waals surface area contributed by atoms with E-state index in [2.05, 4.69) is 56.6 Å². The highest BCUT2D eigenvalue weighted by Gasteiger charge is 2.23. The highest BCUT2D eigenvalue weighted by Crippen LogP contribution is 2.26. The van der Waals surface area contributed by atoms with Gasteiger partial charge in [0.25, 0.3) is 0 Å². The fraction of sp³-hybridized carbons (Fsp3) is 0.429. The van der Waals surface area contributed by atoms with Crippen LogP contribution in [0.15, 0.2) is 37.1 Å². The maximum Gasteiger partial charge on any atom is 0.241 e. The zero-order chi connectivity index (χ0) is 20.0. The molecule has 0 radical (unpaired) electrons. The van der Waals surface area contributed by atoms with Gasteiger partial charge in [-0.25, -0.2) is 19.5 Å². The summed E-state index contributed by atoms with van der Waals surface area (Å²) in [6.07, 6.45) is 14.3. The van der Waals surface area contributed by atoms with Crippen LogP contribution >= 0.6 is 0 Å². The first-order chi connectivity index (χ1) is 14.1. The number of fused-ring (bicyclic) bond motifs is 2. The molecule has 0 saturated heterocycles. The zero-order valence-electron chi connectivity index (χ0n) is 17.1. The van der Waals surface area contributed by atoms with E-state index in [0.29, 0.717) is 23.8 Å². The monoisotopic (exact) mass is 390 g/mol. The highest BCUT2D eigenvalue weighted by molar-refractivity contribution is 5.79. The number of imidazole rings is 1. The number of nitrogens with one attached hydrogen (secondary N) is 1. The predicted octanol–water partition coefficient (Wildman–Crippen LogP) is 3.03. The third kappa shape index (κ3) is 3.33. The Morgan fingerprint density at radius 1 is 1.03 bits per heavy atom. The molecule has 0 atom stereocenters. The van der Waals surface area contributed by atoms with Crippen molar-refractivity contribution in [2.45, 2.75) is 44.7 Å². The lowest BCUT2D eigenvalue weighted by Crippen LogP contribution is -2.36. The van der Waals surface area contributed by atoms with Crippen molar-refractivity contribution in [3.8, 4) is 11.1 Å². The van der Waals surface area contributed by atoms with Crippen LogP contribution < -0.4 is 5.32 Å². The summed E-state index contributed by atoms with van der Waals surface area (Å²) < 4.78 is 3.89. The van der Waals surface area contributed by atoms with Crippen molar-refractivity contribution >= 4 is 17.2 Å². The van der Waals surface area contributed by atoms with Gasteiger partial charge in [0.15, 0.2) is 0 Å². The molecule has 8 heteroatoms. The number of rotatable bonds is 4. The van der Waals surface area contributed by atoms with E-state index in [9.17, 15) is 0 Å². The Labute approximate surface area is 169 Å². The third-order valence-electron chi connectivity index (χ3n) is 6.04. The second kappa shape index (κ2) is 7.11. The summed E-state index contributed by atoms with van der Waals surface area (Å²) in [5, 5.41) is 8.21. The number of aryl methyl sites for hydroxylation is 1. The van der Waals surface area contributed by atoms with Crippen LogP contribution in [0.2, 0.25) is 0 Å². The molecule has 0 bridgehead atoms. The van der Waals surface area contributed by atoms with Crippen molar-refractivity contribution in [2.75, 3.05) is 19.4 Å². The smallest absolute Gasteiger partial charge is 0.241 e. The van der Waals surface area contributed by atoms with Crippen LogP contribution in [0.1, 0.15) is 31.4 Å². The van der Waals surface area contributed by atoms with Crippen LogP contribution in [-0.2, 0) is 0 Å². The van der Waals surface area contributed by atoms with Gasteiger partial charge in [0.1, 0.15) is 0 Å². The minimum absolute atomic E-state index is 0.439. The minimum atomic E-state index is 0.439. The van der Waals surface area contributed by atoms with Crippen LogP contribution in [0.25, 0.3) is 22.4 Å². The first kappa shape index (κ1) is 18.1. The lowest BCUT2D eigenvalue weighted by Gasteiger charge is -2.32.